The van der Waals surface area contributed by atoms with Crippen molar-refractivity contribution >= 4 is 60.7 Å². The van der Waals surface area contributed by atoms with Gasteiger partial charge in [0.1, 0.15) is 0 Å². The number of nitro groups is 1. The summed E-state index contributed by atoms with van der Waals surface area (Å²) in [7, 11) is 1.25. The molecule has 0 aliphatic carbocycles. The Morgan fingerprint density at radius 1 is 1.15 bits per heavy atom. The molecule has 6 nitrogen and oxygen atoms in total. The topological polar surface area (TPSA) is 86.5 Å². The summed E-state index contributed by atoms with van der Waals surface area (Å²) in [6.07, 6.45) is 0. The number of carbonyl (C=O) groups is 2. The van der Waals surface area contributed by atoms with Gasteiger partial charge in [0.15, 0.2) is 11.6 Å². The summed E-state index contributed by atoms with van der Waals surface area (Å²) < 4.78 is 5.15. The number of carbonyl (C=O) groups excluding carboxylic acids is 2. The van der Waals surface area contributed by atoms with Crippen molar-refractivity contribution in [3.63, 3.8) is 0 Å². The molecule has 0 amide bonds. The summed E-state index contributed by atoms with van der Waals surface area (Å²) in [6.45, 7) is 0. The predicted octanol–water partition coefficient (Wildman–Crippen LogP) is 5.08. The Labute approximate surface area is 170 Å². The van der Waals surface area contributed by atoms with Gasteiger partial charge in [-0.1, -0.05) is 67.7 Å². The summed E-state index contributed by atoms with van der Waals surface area (Å²) in [4.78, 5) is 34.8. The lowest BCUT2D eigenvalue weighted by Gasteiger charge is -2.13. The van der Waals surface area contributed by atoms with Gasteiger partial charge in [-0.3, -0.25) is 19.7 Å². The number of nitrogens with zero attached hydrogens (tertiary/aromatic N) is 1. The first kappa shape index (κ1) is 20.5. The molecular formula is C17H12Br2ClNO5. The van der Waals surface area contributed by atoms with Crippen molar-refractivity contribution < 1.29 is 19.2 Å². The Morgan fingerprint density at radius 2 is 1.73 bits per heavy atom. The van der Waals surface area contributed by atoms with Crippen LogP contribution in [-0.4, -0.2) is 34.3 Å². The fourth-order valence-corrected chi connectivity index (χ4v) is 3.39. The maximum atomic E-state index is 12.1. The van der Waals surface area contributed by atoms with Gasteiger partial charge in [-0.2, -0.15) is 0 Å². The van der Waals surface area contributed by atoms with E-state index in [4.69, 9.17) is 16.3 Å². The highest BCUT2D eigenvalue weighted by molar-refractivity contribution is 9.09. The molecule has 0 heterocycles. The largest absolute Gasteiger partial charge is 0.490 e. The lowest BCUT2D eigenvalue weighted by molar-refractivity contribution is -0.385. The third-order valence-electron chi connectivity index (χ3n) is 3.63. The fourth-order valence-electron chi connectivity index (χ4n) is 2.45. The number of hydrogen-bond donors (Lipinski definition) is 0. The van der Waals surface area contributed by atoms with E-state index >= 15 is 0 Å². The molecule has 0 atom stereocenters. The Balaban J connectivity index is 2.74. The summed E-state index contributed by atoms with van der Waals surface area (Å²) in [5.74, 6) is -0.663. The molecular weight excluding hydrogens is 493 g/mol. The zero-order chi connectivity index (χ0) is 19.4. The van der Waals surface area contributed by atoms with Crippen LogP contribution in [0.1, 0.15) is 20.7 Å². The maximum Gasteiger partial charge on any atom is 0.320 e. The lowest BCUT2D eigenvalue weighted by atomic mass is 9.97. The molecule has 0 radical (unpaired) electrons. The van der Waals surface area contributed by atoms with Gasteiger partial charge in [0.25, 0.3) is 0 Å². The highest BCUT2D eigenvalue weighted by atomic mass is 79.9. The second-order valence-corrected chi connectivity index (χ2v) is 6.64. The third-order valence-corrected chi connectivity index (χ3v) is 4.95. The molecule has 0 aliphatic rings. The van der Waals surface area contributed by atoms with Gasteiger partial charge in [-0.15, -0.1) is 0 Å². The van der Waals surface area contributed by atoms with Crippen molar-refractivity contribution in [1.82, 2.24) is 0 Å². The number of Topliss-reactive ketones (excluding diaryl/α,β-unsaturated/α-hetero) is 2. The van der Waals surface area contributed by atoms with Crippen LogP contribution in [0.4, 0.5) is 5.69 Å². The molecule has 136 valence electrons. The fraction of sp³-hybridized carbons (Fsp3) is 0.176. The van der Waals surface area contributed by atoms with Crippen molar-refractivity contribution in [3.8, 4) is 16.9 Å². The lowest BCUT2D eigenvalue weighted by Crippen LogP contribution is -2.07. The van der Waals surface area contributed by atoms with Gasteiger partial charge < -0.3 is 4.74 Å². The molecule has 2 aromatic carbocycles. The molecule has 0 spiro atoms. The average molecular weight is 506 g/mol. The van der Waals surface area contributed by atoms with E-state index in [0.29, 0.717) is 11.1 Å². The van der Waals surface area contributed by atoms with E-state index in [1.54, 1.807) is 24.3 Å². The van der Waals surface area contributed by atoms with E-state index in [1.165, 1.54) is 13.2 Å². The predicted molar refractivity (Wildman–Crippen MR) is 106 cm³/mol. The van der Waals surface area contributed by atoms with Gasteiger partial charge in [0, 0.05) is 5.56 Å². The van der Waals surface area contributed by atoms with E-state index in [9.17, 15) is 19.7 Å². The van der Waals surface area contributed by atoms with Crippen molar-refractivity contribution in [2.75, 3.05) is 17.8 Å². The van der Waals surface area contributed by atoms with Crippen LogP contribution in [0.25, 0.3) is 11.1 Å². The number of rotatable bonds is 7. The molecule has 0 saturated heterocycles. The number of alkyl halides is 2. The van der Waals surface area contributed by atoms with Gasteiger partial charge in [-0.25, -0.2) is 0 Å². The van der Waals surface area contributed by atoms with Gasteiger partial charge >= 0.3 is 5.69 Å². The van der Waals surface area contributed by atoms with Crippen molar-refractivity contribution in [2.24, 2.45) is 0 Å². The van der Waals surface area contributed by atoms with Crippen LogP contribution in [0.3, 0.4) is 0 Å². The van der Waals surface area contributed by atoms with Crippen LogP contribution in [0.2, 0.25) is 5.02 Å². The number of ether oxygens (including phenoxy) is 1. The molecule has 0 N–H and O–H groups in total. The van der Waals surface area contributed by atoms with E-state index < -0.39 is 16.4 Å². The number of nitro benzene ring substituents is 1. The third kappa shape index (κ3) is 3.97. The second kappa shape index (κ2) is 8.75. The molecule has 9 heteroatoms. The van der Waals surface area contributed by atoms with E-state index in [1.807, 2.05) is 0 Å². The monoisotopic (exact) mass is 503 g/mol. The molecule has 0 fully saturated rings. The Hall–Kier alpha value is -1.77. The Kier molecular flexibility index (Phi) is 6.91. The first-order valence-corrected chi connectivity index (χ1v) is 9.81. The minimum absolute atomic E-state index is 0.0240. The van der Waals surface area contributed by atoms with Crippen LogP contribution in [0, 0.1) is 10.1 Å². The first-order chi connectivity index (χ1) is 12.3. The molecule has 26 heavy (non-hydrogen) atoms. The second-order valence-electron chi connectivity index (χ2n) is 5.11. The number of benzene rings is 2. The molecule has 0 aliphatic heterocycles. The zero-order valence-electron chi connectivity index (χ0n) is 13.4. The molecule has 2 rings (SSSR count). The molecule has 0 aromatic heterocycles. The first-order valence-electron chi connectivity index (χ1n) is 7.19. The van der Waals surface area contributed by atoms with E-state index in [2.05, 4.69) is 31.9 Å². The van der Waals surface area contributed by atoms with Crippen molar-refractivity contribution in [3.05, 3.63) is 56.6 Å². The smallest absolute Gasteiger partial charge is 0.320 e. The van der Waals surface area contributed by atoms with Crippen LogP contribution in [0.5, 0.6) is 5.75 Å². The minimum atomic E-state index is -0.636. The average Bonchev–Trinajstić information content (AvgIpc) is 2.65. The Morgan fingerprint density at radius 3 is 2.19 bits per heavy atom. The van der Waals surface area contributed by atoms with Crippen LogP contribution in [0.15, 0.2) is 30.3 Å². The van der Waals surface area contributed by atoms with E-state index in [-0.39, 0.29) is 38.3 Å². The van der Waals surface area contributed by atoms with Crippen LogP contribution in [-0.2, 0) is 0 Å². The maximum absolute atomic E-state index is 12.1. The number of halogens is 3. The summed E-state index contributed by atoms with van der Waals surface area (Å²) in [6, 6.07) is 7.60. The van der Waals surface area contributed by atoms with Crippen molar-refractivity contribution in [1.29, 1.82) is 0 Å². The number of hydrogen-bond acceptors (Lipinski definition) is 5. The molecule has 0 bridgehead atoms. The quantitative estimate of drug-likeness (QED) is 0.227. The summed E-state index contributed by atoms with van der Waals surface area (Å²) in [5, 5.41) is 11.9. The van der Waals surface area contributed by atoms with Crippen LogP contribution >= 0.6 is 43.5 Å². The number of ketones is 2. The van der Waals surface area contributed by atoms with Gasteiger partial charge in [-0.05, 0) is 11.6 Å². The standard InChI is InChI=1S/C17H12Br2ClNO5/c1-26-17-11(14(23)8-19)6-12(20)15(16(17)21(24)25)10-4-2-9(3-5-10)13(22)7-18/h2-6H,7-8H2,1H3. The molecule has 0 unspecified atom stereocenters. The summed E-state index contributed by atoms with van der Waals surface area (Å²) in [5.41, 5.74) is 0.642. The van der Waals surface area contributed by atoms with Gasteiger partial charge in [0.2, 0.25) is 5.75 Å². The number of methoxy groups -OCH3 is 1. The zero-order valence-corrected chi connectivity index (χ0v) is 17.4. The SMILES string of the molecule is COc1c(C(=O)CBr)cc(Cl)c(-c2ccc(C(=O)CBr)cc2)c1[N+](=O)[O-]. The summed E-state index contributed by atoms with van der Waals surface area (Å²) >= 11 is 12.4. The minimum Gasteiger partial charge on any atom is -0.490 e. The van der Waals surface area contributed by atoms with Crippen molar-refractivity contribution in [2.45, 2.75) is 0 Å². The van der Waals surface area contributed by atoms with Gasteiger partial charge in [0.05, 0.1) is 38.8 Å². The van der Waals surface area contributed by atoms with Crippen LogP contribution < -0.4 is 4.74 Å². The Bertz CT molecular complexity index is 884. The highest BCUT2D eigenvalue weighted by Crippen LogP contribution is 2.45. The molecule has 0 saturated carbocycles. The highest BCUT2D eigenvalue weighted by Gasteiger charge is 2.30. The molecule has 2 aromatic rings. The normalized spacial score (nSPS) is 10.5. The van der Waals surface area contributed by atoms with E-state index in [0.717, 1.165) is 0 Å².